The van der Waals surface area contributed by atoms with Gasteiger partial charge in [0.1, 0.15) is 5.75 Å². The van der Waals surface area contributed by atoms with Crippen LogP contribution in [0.2, 0.25) is 0 Å². The summed E-state index contributed by atoms with van der Waals surface area (Å²) in [6, 6.07) is 4.07. The zero-order valence-electron chi connectivity index (χ0n) is 9.64. The molecule has 1 aromatic rings. The first-order valence-electron chi connectivity index (χ1n) is 5.48. The minimum Gasteiger partial charge on any atom is -0.482 e. The van der Waals surface area contributed by atoms with Gasteiger partial charge < -0.3 is 9.64 Å². The number of hydrogen-bond acceptors (Lipinski definition) is 3. The van der Waals surface area contributed by atoms with Crippen LogP contribution < -0.4 is 4.74 Å². The van der Waals surface area contributed by atoms with Crippen LogP contribution in [0.15, 0.2) is 18.3 Å². The van der Waals surface area contributed by atoms with E-state index in [0.717, 1.165) is 18.5 Å². The number of carbonyl (C=O) groups excluding carboxylic acids is 1. The number of hydrogen-bond donors (Lipinski definition) is 0. The van der Waals surface area contributed by atoms with Crippen molar-refractivity contribution in [1.29, 1.82) is 0 Å². The summed E-state index contributed by atoms with van der Waals surface area (Å²) in [5.41, 5.74) is 0.810. The quantitative estimate of drug-likeness (QED) is 0.770. The van der Waals surface area contributed by atoms with E-state index in [-0.39, 0.29) is 12.5 Å². The van der Waals surface area contributed by atoms with Gasteiger partial charge in [-0.05, 0) is 31.9 Å². The molecule has 1 aliphatic rings. The minimum absolute atomic E-state index is 0.0331. The topological polar surface area (TPSA) is 42.4 Å². The summed E-state index contributed by atoms with van der Waals surface area (Å²) in [7, 11) is 1.83. The summed E-state index contributed by atoms with van der Waals surface area (Å²) >= 11 is 0. The third-order valence-electron chi connectivity index (χ3n) is 2.80. The monoisotopic (exact) mass is 220 g/mol. The maximum absolute atomic E-state index is 11.7. The number of aromatic nitrogens is 1. The normalized spacial score (nSPS) is 14.6. The third kappa shape index (κ3) is 2.51. The van der Waals surface area contributed by atoms with Crippen molar-refractivity contribution >= 4 is 5.91 Å². The van der Waals surface area contributed by atoms with Gasteiger partial charge >= 0.3 is 0 Å². The second-order valence-corrected chi connectivity index (χ2v) is 4.11. The Morgan fingerprint density at radius 3 is 3.00 bits per heavy atom. The number of likely N-dealkylation sites (N-methyl/N-ethyl adjacent to an activating group) is 1. The molecule has 1 heterocycles. The average Bonchev–Trinajstić information content (AvgIpc) is 3.10. The summed E-state index contributed by atoms with van der Waals surface area (Å²) < 4.78 is 5.44. The molecule has 86 valence electrons. The van der Waals surface area contributed by atoms with Crippen molar-refractivity contribution in [2.75, 3.05) is 13.7 Å². The number of nitrogens with zero attached hydrogens (tertiary/aromatic N) is 2. The fourth-order valence-corrected chi connectivity index (χ4v) is 1.53. The molecule has 16 heavy (non-hydrogen) atoms. The molecule has 1 saturated carbocycles. The highest BCUT2D eigenvalue weighted by Gasteiger charge is 2.29. The molecule has 0 N–H and O–H groups in total. The first-order chi connectivity index (χ1) is 7.68. The van der Waals surface area contributed by atoms with Gasteiger partial charge in [-0.25, -0.2) is 0 Å². The number of carbonyl (C=O) groups is 1. The van der Waals surface area contributed by atoms with Gasteiger partial charge in [-0.15, -0.1) is 0 Å². The number of ether oxygens (including phenoxy) is 1. The van der Waals surface area contributed by atoms with Crippen molar-refractivity contribution in [2.45, 2.75) is 25.8 Å². The molecule has 0 atom stereocenters. The second-order valence-electron chi connectivity index (χ2n) is 4.11. The van der Waals surface area contributed by atoms with E-state index in [1.165, 1.54) is 0 Å². The van der Waals surface area contributed by atoms with Crippen molar-refractivity contribution < 1.29 is 9.53 Å². The van der Waals surface area contributed by atoms with Crippen molar-refractivity contribution in [3.05, 3.63) is 24.0 Å². The van der Waals surface area contributed by atoms with Gasteiger partial charge in [-0.3, -0.25) is 9.78 Å². The van der Waals surface area contributed by atoms with Gasteiger partial charge in [0.2, 0.25) is 0 Å². The molecule has 2 rings (SSSR count). The Balaban J connectivity index is 1.87. The second kappa shape index (κ2) is 4.51. The molecule has 4 heteroatoms. The molecule has 1 fully saturated rings. The maximum atomic E-state index is 11.7. The van der Waals surface area contributed by atoms with Gasteiger partial charge in [0.15, 0.2) is 6.61 Å². The van der Waals surface area contributed by atoms with Crippen LogP contribution in [-0.4, -0.2) is 35.5 Å². The smallest absolute Gasteiger partial charge is 0.260 e. The first kappa shape index (κ1) is 10.9. The van der Waals surface area contributed by atoms with E-state index in [4.69, 9.17) is 4.74 Å². The Morgan fingerprint density at radius 2 is 2.38 bits per heavy atom. The van der Waals surface area contributed by atoms with E-state index in [0.29, 0.717) is 11.8 Å². The molecule has 0 spiro atoms. The Labute approximate surface area is 95.2 Å². The van der Waals surface area contributed by atoms with Gasteiger partial charge in [0, 0.05) is 19.3 Å². The Morgan fingerprint density at radius 1 is 1.62 bits per heavy atom. The van der Waals surface area contributed by atoms with Crippen molar-refractivity contribution in [2.24, 2.45) is 0 Å². The standard InChI is InChI=1S/C12H16N2O2/c1-9-11(4-3-7-13-9)16-8-12(15)14(2)10-5-6-10/h3-4,7,10H,5-6,8H2,1-2H3. The molecule has 1 aliphatic carbocycles. The molecule has 0 bridgehead atoms. The van der Waals surface area contributed by atoms with E-state index >= 15 is 0 Å². The lowest BCUT2D eigenvalue weighted by Crippen LogP contribution is -2.33. The fourth-order valence-electron chi connectivity index (χ4n) is 1.53. The molecule has 0 unspecified atom stereocenters. The number of rotatable bonds is 4. The van der Waals surface area contributed by atoms with Gasteiger partial charge in [-0.1, -0.05) is 0 Å². The van der Waals surface area contributed by atoms with Gasteiger partial charge in [-0.2, -0.15) is 0 Å². The zero-order valence-corrected chi connectivity index (χ0v) is 9.64. The van der Waals surface area contributed by atoms with Crippen LogP contribution >= 0.6 is 0 Å². The van der Waals surface area contributed by atoms with E-state index in [1.54, 1.807) is 17.2 Å². The van der Waals surface area contributed by atoms with Crippen LogP contribution in [0.4, 0.5) is 0 Å². The molecular formula is C12H16N2O2. The SMILES string of the molecule is Cc1ncccc1OCC(=O)N(C)C1CC1. The average molecular weight is 220 g/mol. The Kier molecular flexibility index (Phi) is 3.08. The lowest BCUT2D eigenvalue weighted by atomic mass is 10.3. The molecule has 0 radical (unpaired) electrons. The first-order valence-corrected chi connectivity index (χ1v) is 5.48. The van der Waals surface area contributed by atoms with Crippen LogP contribution in [0.3, 0.4) is 0 Å². The van der Waals surface area contributed by atoms with E-state index < -0.39 is 0 Å². The summed E-state index contributed by atoms with van der Waals surface area (Å²) in [5, 5.41) is 0. The third-order valence-corrected chi connectivity index (χ3v) is 2.80. The van der Waals surface area contributed by atoms with Crippen LogP contribution in [0.5, 0.6) is 5.75 Å². The highest BCUT2D eigenvalue weighted by Crippen LogP contribution is 2.25. The largest absolute Gasteiger partial charge is 0.482 e. The minimum atomic E-state index is 0.0331. The fraction of sp³-hybridized carbons (Fsp3) is 0.500. The summed E-state index contributed by atoms with van der Waals surface area (Å²) in [6.07, 6.45) is 3.95. The zero-order chi connectivity index (χ0) is 11.5. The predicted molar refractivity (Wildman–Crippen MR) is 60.3 cm³/mol. The van der Waals surface area contributed by atoms with E-state index in [9.17, 15) is 4.79 Å². The molecule has 1 amide bonds. The van der Waals surface area contributed by atoms with Crippen LogP contribution in [-0.2, 0) is 4.79 Å². The highest BCUT2D eigenvalue weighted by molar-refractivity contribution is 5.78. The molecule has 0 aliphatic heterocycles. The number of amides is 1. The molecular weight excluding hydrogens is 204 g/mol. The van der Waals surface area contributed by atoms with E-state index in [2.05, 4.69) is 4.98 Å². The lowest BCUT2D eigenvalue weighted by molar-refractivity contribution is -0.132. The number of aryl methyl sites for hydroxylation is 1. The molecule has 0 aromatic carbocycles. The highest BCUT2D eigenvalue weighted by atomic mass is 16.5. The van der Waals surface area contributed by atoms with Crippen LogP contribution in [0, 0.1) is 6.92 Å². The van der Waals surface area contributed by atoms with Crippen LogP contribution in [0.1, 0.15) is 18.5 Å². The maximum Gasteiger partial charge on any atom is 0.260 e. The summed E-state index contributed by atoms with van der Waals surface area (Å²) in [5.74, 6) is 0.714. The molecule has 1 aromatic heterocycles. The van der Waals surface area contributed by atoms with Crippen molar-refractivity contribution in [3.8, 4) is 5.75 Å². The molecule has 0 saturated heterocycles. The molecule has 4 nitrogen and oxygen atoms in total. The Hall–Kier alpha value is -1.58. The Bertz CT molecular complexity index is 388. The number of pyridine rings is 1. The van der Waals surface area contributed by atoms with Gasteiger partial charge in [0.25, 0.3) is 5.91 Å². The predicted octanol–water partition coefficient (Wildman–Crippen LogP) is 1.39. The summed E-state index contributed by atoms with van der Waals surface area (Å²) in [6.45, 7) is 1.96. The van der Waals surface area contributed by atoms with Crippen molar-refractivity contribution in [1.82, 2.24) is 9.88 Å². The van der Waals surface area contributed by atoms with Crippen molar-refractivity contribution in [3.63, 3.8) is 0 Å². The lowest BCUT2D eigenvalue weighted by Gasteiger charge is -2.16. The van der Waals surface area contributed by atoms with Gasteiger partial charge in [0.05, 0.1) is 5.69 Å². The van der Waals surface area contributed by atoms with E-state index in [1.807, 2.05) is 20.0 Å². The van der Waals surface area contributed by atoms with Crippen LogP contribution in [0.25, 0.3) is 0 Å². The summed E-state index contributed by atoms with van der Waals surface area (Å²) in [4.78, 5) is 17.6.